The summed E-state index contributed by atoms with van der Waals surface area (Å²) in [6.07, 6.45) is 94.4. The molecule has 1 amide bonds. The Hall–Kier alpha value is -1.13. The van der Waals surface area contributed by atoms with Crippen LogP contribution in [0, 0.1) is 0 Å². The van der Waals surface area contributed by atoms with Crippen LogP contribution >= 0.6 is 0 Å². The van der Waals surface area contributed by atoms with E-state index in [0.29, 0.717) is 6.42 Å². The SMILES string of the molecule is CCCCCCCCCCCCCCCCCCCCCCCCCCC/C=C/CC/C=C/C(O)C(CO)NC(=O)CCCCCCCCCCCCCCCCCCCCCCCCCCCCCCCCCCCC. The molecule has 0 bridgehead atoms. The fourth-order valence-electron chi connectivity index (χ4n) is 11.7. The van der Waals surface area contributed by atoms with Crippen LogP contribution in [0.2, 0.25) is 0 Å². The van der Waals surface area contributed by atoms with Crippen molar-refractivity contribution >= 4 is 5.91 Å². The summed E-state index contributed by atoms with van der Waals surface area (Å²) < 4.78 is 0. The van der Waals surface area contributed by atoms with E-state index in [1.54, 1.807) is 6.08 Å². The molecule has 0 aliphatic rings. The molecule has 0 aliphatic carbocycles. The van der Waals surface area contributed by atoms with Gasteiger partial charge in [-0.25, -0.2) is 0 Å². The quantitative estimate of drug-likeness (QED) is 0.0420. The Balaban J connectivity index is 3.42. The lowest BCUT2D eigenvalue weighted by molar-refractivity contribution is -0.123. The summed E-state index contributed by atoms with van der Waals surface area (Å²) in [5.41, 5.74) is 0. The highest BCUT2D eigenvalue weighted by Gasteiger charge is 2.18. The Bertz CT molecular complexity index is 1140. The first-order chi connectivity index (χ1) is 38.2. The van der Waals surface area contributed by atoms with Crippen LogP contribution in [0.4, 0.5) is 0 Å². The summed E-state index contributed by atoms with van der Waals surface area (Å²) in [4.78, 5) is 12.5. The summed E-state index contributed by atoms with van der Waals surface area (Å²) in [7, 11) is 0. The molecule has 4 nitrogen and oxygen atoms in total. The lowest BCUT2D eigenvalue weighted by atomic mass is 10.0. The molecule has 0 spiro atoms. The number of nitrogens with one attached hydrogen (secondary N) is 1. The molecule has 2 unspecified atom stereocenters. The standard InChI is InChI=1S/C73H143NO3/c1-3-5-7-9-11-13-15-17-19-21-23-25-27-29-31-33-35-36-37-39-41-43-45-47-49-51-53-55-57-59-61-63-65-67-69-73(77)74-71(70-75)72(76)68-66-64-62-60-58-56-54-52-50-48-46-44-42-40-38-34-32-30-28-26-24-22-20-18-16-14-12-10-8-6-4-2/h58,60,66,68,71-72,75-76H,3-57,59,61-65,67,69-70H2,1-2H3,(H,74,77)/b60-58+,68-66+. The molecule has 77 heavy (non-hydrogen) atoms. The van der Waals surface area contributed by atoms with E-state index >= 15 is 0 Å². The minimum atomic E-state index is -0.861. The third-order valence-electron chi connectivity index (χ3n) is 17.2. The zero-order chi connectivity index (χ0) is 55.5. The number of carbonyl (C=O) groups excluding carboxylic acids is 1. The molecular formula is C73H143NO3. The second kappa shape index (κ2) is 69.1. The van der Waals surface area contributed by atoms with Gasteiger partial charge in [-0.1, -0.05) is 404 Å². The van der Waals surface area contributed by atoms with E-state index < -0.39 is 12.1 Å². The maximum Gasteiger partial charge on any atom is 0.220 e. The van der Waals surface area contributed by atoms with Crippen molar-refractivity contribution in [2.24, 2.45) is 0 Å². The first kappa shape index (κ1) is 75.9. The second-order valence-electron chi connectivity index (χ2n) is 25.0. The van der Waals surface area contributed by atoms with E-state index in [1.807, 2.05) is 6.08 Å². The van der Waals surface area contributed by atoms with Gasteiger partial charge in [-0.2, -0.15) is 0 Å². The summed E-state index contributed by atoms with van der Waals surface area (Å²) in [6, 6.07) is -0.638. The Morgan fingerprint density at radius 1 is 0.299 bits per heavy atom. The molecule has 2 atom stereocenters. The van der Waals surface area contributed by atoms with Gasteiger partial charge < -0.3 is 15.5 Å². The largest absolute Gasteiger partial charge is 0.394 e. The average Bonchev–Trinajstić information content (AvgIpc) is 3.43. The van der Waals surface area contributed by atoms with E-state index in [-0.39, 0.29) is 12.5 Å². The predicted octanol–water partition coefficient (Wildman–Crippen LogP) is 24.6. The molecule has 0 fully saturated rings. The van der Waals surface area contributed by atoms with Gasteiger partial charge in [-0.15, -0.1) is 0 Å². The van der Waals surface area contributed by atoms with Crippen molar-refractivity contribution in [3.8, 4) is 0 Å². The van der Waals surface area contributed by atoms with E-state index in [0.717, 1.165) is 32.1 Å². The number of aliphatic hydroxyl groups excluding tert-OH is 2. The monoisotopic (exact) mass is 1080 g/mol. The van der Waals surface area contributed by atoms with Gasteiger partial charge in [0.2, 0.25) is 5.91 Å². The molecule has 0 heterocycles. The van der Waals surface area contributed by atoms with Crippen molar-refractivity contribution in [1.82, 2.24) is 5.32 Å². The van der Waals surface area contributed by atoms with Crippen LogP contribution in [-0.4, -0.2) is 34.9 Å². The van der Waals surface area contributed by atoms with Crippen LogP contribution < -0.4 is 5.32 Å². The van der Waals surface area contributed by atoms with Crippen molar-refractivity contribution in [1.29, 1.82) is 0 Å². The molecule has 0 radical (unpaired) electrons. The minimum absolute atomic E-state index is 0.0637. The Labute approximate surface area is 485 Å². The van der Waals surface area contributed by atoms with Crippen LogP contribution in [-0.2, 0) is 4.79 Å². The number of amides is 1. The molecule has 0 aromatic carbocycles. The van der Waals surface area contributed by atoms with Crippen LogP contribution in [0.25, 0.3) is 0 Å². The number of unbranched alkanes of at least 4 members (excludes halogenated alkanes) is 59. The number of hydrogen-bond acceptors (Lipinski definition) is 3. The molecule has 3 N–H and O–H groups in total. The van der Waals surface area contributed by atoms with E-state index in [2.05, 4.69) is 31.3 Å². The third kappa shape index (κ3) is 65.6. The molecule has 0 rings (SSSR count). The first-order valence-corrected chi connectivity index (χ1v) is 36.1. The summed E-state index contributed by atoms with van der Waals surface area (Å²) in [5, 5.41) is 23.3. The number of hydrogen-bond donors (Lipinski definition) is 3. The maximum absolute atomic E-state index is 12.5. The minimum Gasteiger partial charge on any atom is -0.394 e. The number of aliphatic hydroxyl groups is 2. The number of rotatable bonds is 68. The average molecular weight is 1080 g/mol. The van der Waals surface area contributed by atoms with Crippen LogP contribution in [0.15, 0.2) is 24.3 Å². The summed E-state index contributed by atoms with van der Waals surface area (Å²) in [5.74, 6) is -0.0637. The lowest BCUT2D eigenvalue weighted by Gasteiger charge is -2.19. The van der Waals surface area contributed by atoms with Gasteiger partial charge in [-0.05, 0) is 32.1 Å². The smallest absolute Gasteiger partial charge is 0.220 e. The van der Waals surface area contributed by atoms with Crippen LogP contribution in [0.3, 0.4) is 0 Å². The Morgan fingerprint density at radius 3 is 0.753 bits per heavy atom. The molecule has 4 heteroatoms. The highest BCUT2D eigenvalue weighted by molar-refractivity contribution is 5.76. The highest BCUT2D eigenvalue weighted by atomic mass is 16.3. The lowest BCUT2D eigenvalue weighted by Crippen LogP contribution is -2.45. The van der Waals surface area contributed by atoms with Gasteiger partial charge >= 0.3 is 0 Å². The molecule has 0 aromatic rings. The number of allylic oxidation sites excluding steroid dienone is 3. The molecule has 0 aliphatic heterocycles. The van der Waals surface area contributed by atoms with Gasteiger partial charge in [0.05, 0.1) is 18.8 Å². The summed E-state index contributed by atoms with van der Waals surface area (Å²) >= 11 is 0. The predicted molar refractivity (Wildman–Crippen MR) is 346 cm³/mol. The molecule has 0 saturated heterocycles. The van der Waals surface area contributed by atoms with E-state index in [4.69, 9.17) is 0 Å². The zero-order valence-electron chi connectivity index (χ0n) is 53.0. The first-order valence-electron chi connectivity index (χ1n) is 36.1. The van der Waals surface area contributed by atoms with Crippen molar-refractivity contribution in [3.63, 3.8) is 0 Å². The zero-order valence-corrected chi connectivity index (χ0v) is 53.0. The van der Waals surface area contributed by atoms with Gasteiger partial charge in [0.1, 0.15) is 0 Å². The fourth-order valence-corrected chi connectivity index (χ4v) is 11.7. The van der Waals surface area contributed by atoms with Gasteiger partial charge in [0, 0.05) is 6.42 Å². The molecule has 458 valence electrons. The summed E-state index contributed by atoms with van der Waals surface area (Å²) in [6.45, 7) is 4.36. The molecule has 0 aromatic heterocycles. The van der Waals surface area contributed by atoms with Crippen molar-refractivity contribution in [3.05, 3.63) is 24.3 Å². The normalized spacial score (nSPS) is 12.7. The molecule has 0 saturated carbocycles. The Morgan fingerprint density at radius 2 is 0.506 bits per heavy atom. The van der Waals surface area contributed by atoms with Gasteiger partial charge in [-0.3, -0.25) is 4.79 Å². The van der Waals surface area contributed by atoms with Crippen LogP contribution in [0.5, 0.6) is 0 Å². The Kier molecular flexibility index (Phi) is 68.1. The van der Waals surface area contributed by atoms with E-state index in [9.17, 15) is 15.0 Å². The topological polar surface area (TPSA) is 69.6 Å². The van der Waals surface area contributed by atoms with E-state index in [1.165, 1.54) is 366 Å². The maximum atomic E-state index is 12.5. The highest BCUT2D eigenvalue weighted by Crippen LogP contribution is 2.20. The third-order valence-corrected chi connectivity index (χ3v) is 17.2. The molecular weight excluding hydrogens is 939 g/mol. The van der Waals surface area contributed by atoms with Crippen LogP contribution in [0.1, 0.15) is 418 Å². The van der Waals surface area contributed by atoms with Crippen molar-refractivity contribution < 1.29 is 15.0 Å². The number of carbonyl (C=O) groups is 1. The van der Waals surface area contributed by atoms with Gasteiger partial charge in [0.15, 0.2) is 0 Å². The second-order valence-corrected chi connectivity index (χ2v) is 25.0. The van der Waals surface area contributed by atoms with Crippen molar-refractivity contribution in [2.45, 2.75) is 431 Å². The van der Waals surface area contributed by atoms with Crippen molar-refractivity contribution in [2.75, 3.05) is 6.61 Å². The fraction of sp³-hybridized carbons (Fsp3) is 0.932. The van der Waals surface area contributed by atoms with Gasteiger partial charge in [0.25, 0.3) is 0 Å².